The highest BCUT2D eigenvalue weighted by Gasteiger charge is 2.38. The number of carboxylic acid groups (broad SMARTS) is 1. The van der Waals surface area contributed by atoms with Crippen LogP contribution in [0.3, 0.4) is 0 Å². The van der Waals surface area contributed by atoms with Gasteiger partial charge in [0, 0.05) is 6.54 Å². The molecule has 1 aliphatic heterocycles. The number of benzene rings is 1. The monoisotopic (exact) mass is 323 g/mol. The summed E-state index contributed by atoms with van der Waals surface area (Å²) < 4.78 is 18.3. The maximum atomic E-state index is 13.0. The Morgan fingerprint density at radius 1 is 1.26 bits per heavy atom. The first kappa shape index (κ1) is 17.2. The Morgan fingerprint density at radius 3 is 2.39 bits per heavy atom. The van der Waals surface area contributed by atoms with Crippen LogP contribution < -0.4 is 0 Å². The largest absolute Gasteiger partial charge is 0.480 e. The highest BCUT2D eigenvalue weighted by molar-refractivity contribution is 5.80. The number of likely N-dealkylation sites (tertiary alicyclic amines) is 1. The zero-order chi connectivity index (χ0) is 17.2. The van der Waals surface area contributed by atoms with Gasteiger partial charge in [0.25, 0.3) is 0 Å². The van der Waals surface area contributed by atoms with Gasteiger partial charge in [-0.2, -0.15) is 0 Å². The Balaban J connectivity index is 2.13. The zero-order valence-corrected chi connectivity index (χ0v) is 13.6. The first-order chi connectivity index (χ1) is 10.7. The second kappa shape index (κ2) is 6.56. The molecule has 6 heteroatoms. The highest BCUT2D eigenvalue weighted by Crippen LogP contribution is 2.32. The number of aliphatic carboxylic acids is 1. The molecule has 0 radical (unpaired) electrons. The molecule has 0 saturated carbocycles. The fourth-order valence-corrected chi connectivity index (χ4v) is 2.78. The van der Waals surface area contributed by atoms with E-state index >= 15 is 0 Å². The van der Waals surface area contributed by atoms with Crippen molar-refractivity contribution >= 4 is 12.1 Å². The molecule has 1 amide bonds. The van der Waals surface area contributed by atoms with Crippen LogP contribution in [0.5, 0.6) is 0 Å². The van der Waals surface area contributed by atoms with Gasteiger partial charge >= 0.3 is 12.1 Å². The van der Waals surface area contributed by atoms with Crippen LogP contribution in [0.1, 0.15) is 45.1 Å². The summed E-state index contributed by atoms with van der Waals surface area (Å²) in [7, 11) is 0. The molecule has 2 rings (SSSR count). The molecule has 1 aromatic carbocycles. The minimum Gasteiger partial charge on any atom is -0.480 e. The number of piperidine rings is 1. The van der Waals surface area contributed by atoms with Gasteiger partial charge in [0.15, 0.2) is 0 Å². The summed E-state index contributed by atoms with van der Waals surface area (Å²) in [6.45, 7) is 5.53. The number of halogens is 1. The molecular formula is C17H22FNO4. The van der Waals surface area contributed by atoms with Crippen molar-refractivity contribution in [3.05, 3.63) is 35.6 Å². The normalized spacial score (nSPS) is 21.8. The lowest BCUT2D eigenvalue weighted by Gasteiger charge is -2.38. The first-order valence-corrected chi connectivity index (χ1v) is 7.65. The van der Waals surface area contributed by atoms with Gasteiger partial charge in [-0.15, -0.1) is 0 Å². The van der Waals surface area contributed by atoms with E-state index in [-0.39, 0.29) is 11.7 Å². The summed E-state index contributed by atoms with van der Waals surface area (Å²) in [5.41, 5.74) is 0.218. The smallest absolute Gasteiger partial charge is 0.411 e. The molecule has 1 aromatic rings. The summed E-state index contributed by atoms with van der Waals surface area (Å²) in [5, 5.41) is 9.46. The van der Waals surface area contributed by atoms with E-state index in [1.807, 2.05) is 0 Å². The molecule has 126 valence electrons. The predicted octanol–water partition coefficient (Wildman–Crippen LogP) is 3.39. The molecule has 0 spiro atoms. The Morgan fingerprint density at radius 2 is 1.87 bits per heavy atom. The van der Waals surface area contributed by atoms with E-state index in [0.29, 0.717) is 19.4 Å². The minimum absolute atomic E-state index is 0.0182. The van der Waals surface area contributed by atoms with Crippen LogP contribution in [0, 0.1) is 5.82 Å². The SMILES string of the molecule is CC(C)(C)OC(=O)N1CCC(c2ccc(F)cc2)CC1C(=O)O. The number of nitrogens with zero attached hydrogens (tertiary/aromatic N) is 1. The van der Waals surface area contributed by atoms with Crippen LogP contribution in [-0.4, -0.2) is 40.3 Å². The summed E-state index contributed by atoms with van der Waals surface area (Å²) >= 11 is 0. The van der Waals surface area contributed by atoms with Gasteiger partial charge in [-0.05, 0) is 57.2 Å². The van der Waals surface area contributed by atoms with Gasteiger partial charge in [-0.1, -0.05) is 12.1 Å². The number of carboxylic acids is 1. The molecule has 1 fully saturated rings. The molecule has 0 aromatic heterocycles. The van der Waals surface area contributed by atoms with E-state index in [0.717, 1.165) is 5.56 Å². The highest BCUT2D eigenvalue weighted by atomic mass is 19.1. The lowest BCUT2D eigenvalue weighted by Crippen LogP contribution is -2.51. The third-order valence-electron chi connectivity index (χ3n) is 3.86. The van der Waals surface area contributed by atoms with Gasteiger partial charge in [0.05, 0.1) is 0 Å². The number of carbonyl (C=O) groups is 2. The molecule has 5 nitrogen and oxygen atoms in total. The van der Waals surface area contributed by atoms with Crippen LogP contribution in [0.2, 0.25) is 0 Å². The third-order valence-corrected chi connectivity index (χ3v) is 3.86. The molecule has 1 saturated heterocycles. The topological polar surface area (TPSA) is 66.8 Å². The summed E-state index contributed by atoms with van der Waals surface area (Å²) in [6.07, 6.45) is 0.303. The first-order valence-electron chi connectivity index (χ1n) is 7.65. The van der Waals surface area contributed by atoms with E-state index in [4.69, 9.17) is 4.74 Å². The van der Waals surface area contributed by atoms with Crippen molar-refractivity contribution in [2.75, 3.05) is 6.54 Å². The molecule has 0 bridgehead atoms. The summed E-state index contributed by atoms with van der Waals surface area (Å²) in [4.78, 5) is 25.0. The van der Waals surface area contributed by atoms with Gasteiger partial charge < -0.3 is 9.84 Å². The fourth-order valence-electron chi connectivity index (χ4n) is 2.78. The molecule has 2 atom stereocenters. The third kappa shape index (κ3) is 4.43. The van der Waals surface area contributed by atoms with E-state index in [1.54, 1.807) is 32.9 Å². The van der Waals surface area contributed by atoms with Crippen LogP contribution in [0.4, 0.5) is 9.18 Å². The van der Waals surface area contributed by atoms with Crippen molar-refractivity contribution in [1.82, 2.24) is 4.90 Å². The molecule has 1 aliphatic rings. The Kier molecular flexibility index (Phi) is 4.92. The second-order valence-electron chi connectivity index (χ2n) is 6.80. The minimum atomic E-state index is -1.05. The summed E-state index contributed by atoms with van der Waals surface area (Å²) in [5.74, 6) is -1.40. The van der Waals surface area contributed by atoms with E-state index in [2.05, 4.69) is 0 Å². The lowest BCUT2D eigenvalue weighted by atomic mass is 9.85. The number of rotatable bonds is 2. The van der Waals surface area contributed by atoms with Crippen molar-refractivity contribution < 1.29 is 23.8 Å². The molecule has 23 heavy (non-hydrogen) atoms. The predicted molar refractivity (Wildman–Crippen MR) is 82.7 cm³/mol. The zero-order valence-electron chi connectivity index (χ0n) is 13.6. The van der Waals surface area contributed by atoms with Crippen molar-refractivity contribution in [3.8, 4) is 0 Å². The molecule has 1 heterocycles. The van der Waals surface area contributed by atoms with E-state index < -0.39 is 23.7 Å². The van der Waals surface area contributed by atoms with Crippen molar-refractivity contribution in [2.45, 2.75) is 51.2 Å². The number of ether oxygens (including phenoxy) is 1. The van der Waals surface area contributed by atoms with Crippen LogP contribution >= 0.6 is 0 Å². The molecule has 1 N–H and O–H groups in total. The number of hydrogen-bond donors (Lipinski definition) is 1. The van der Waals surface area contributed by atoms with Crippen molar-refractivity contribution in [1.29, 1.82) is 0 Å². The quantitative estimate of drug-likeness (QED) is 0.906. The van der Waals surface area contributed by atoms with Gasteiger partial charge in [0.2, 0.25) is 0 Å². The molecule has 2 unspecified atom stereocenters. The standard InChI is InChI=1S/C17H22FNO4/c1-17(2,3)23-16(22)19-9-8-12(10-14(19)15(20)21)11-4-6-13(18)7-5-11/h4-7,12,14H,8-10H2,1-3H3,(H,20,21). The number of amides is 1. The molecule has 0 aliphatic carbocycles. The van der Waals surface area contributed by atoms with Gasteiger partial charge in [0.1, 0.15) is 17.5 Å². The van der Waals surface area contributed by atoms with E-state index in [1.165, 1.54) is 17.0 Å². The van der Waals surface area contributed by atoms with Crippen LogP contribution in [0.15, 0.2) is 24.3 Å². The van der Waals surface area contributed by atoms with Crippen LogP contribution in [0.25, 0.3) is 0 Å². The Labute approximate surface area is 135 Å². The van der Waals surface area contributed by atoms with Gasteiger partial charge in [-0.3, -0.25) is 4.90 Å². The average Bonchev–Trinajstić information content (AvgIpc) is 2.45. The lowest BCUT2D eigenvalue weighted by molar-refractivity contribution is -0.144. The Bertz CT molecular complexity index is 579. The fraction of sp³-hybridized carbons (Fsp3) is 0.529. The number of hydrogen-bond acceptors (Lipinski definition) is 3. The second-order valence-corrected chi connectivity index (χ2v) is 6.80. The number of carbonyl (C=O) groups excluding carboxylic acids is 1. The van der Waals surface area contributed by atoms with Crippen LogP contribution in [-0.2, 0) is 9.53 Å². The Hall–Kier alpha value is -2.11. The maximum absolute atomic E-state index is 13.0. The molecular weight excluding hydrogens is 301 g/mol. The maximum Gasteiger partial charge on any atom is 0.411 e. The average molecular weight is 323 g/mol. The van der Waals surface area contributed by atoms with E-state index in [9.17, 15) is 19.1 Å². The van der Waals surface area contributed by atoms with Gasteiger partial charge in [-0.25, -0.2) is 14.0 Å². The van der Waals surface area contributed by atoms with Crippen molar-refractivity contribution in [3.63, 3.8) is 0 Å². The van der Waals surface area contributed by atoms with Crippen molar-refractivity contribution in [2.24, 2.45) is 0 Å². The summed E-state index contributed by atoms with van der Waals surface area (Å²) in [6, 6.07) is 5.13.